The predicted octanol–water partition coefficient (Wildman–Crippen LogP) is 3.16. The molecule has 14 heteroatoms. The number of aliphatic hydroxyl groups excluding tert-OH is 1. The number of anilines is 1. The van der Waals surface area contributed by atoms with Crippen LogP contribution in [0.1, 0.15) is 19.4 Å². The molecular formula is C27H32FN3O7S3. The number of thiophene rings is 1. The molecule has 0 fully saturated rings. The summed E-state index contributed by atoms with van der Waals surface area (Å²) in [7, 11) is -6.44. The summed E-state index contributed by atoms with van der Waals surface area (Å²) in [5.41, 5.74) is 0.634. The van der Waals surface area contributed by atoms with Crippen LogP contribution >= 0.6 is 11.3 Å². The molecule has 0 aliphatic carbocycles. The fourth-order valence-corrected chi connectivity index (χ4v) is 7.70. The van der Waals surface area contributed by atoms with Crippen LogP contribution in [-0.4, -0.2) is 75.9 Å². The summed E-state index contributed by atoms with van der Waals surface area (Å²) in [6, 6.07) is 11.7. The topological polar surface area (TPSA) is 133 Å². The maximum atomic E-state index is 13.4. The zero-order valence-corrected chi connectivity index (χ0v) is 25.2. The van der Waals surface area contributed by atoms with Gasteiger partial charge in [0.15, 0.2) is 0 Å². The first kappa shape index (κ1) is 30.9. The second-order valence-corrected chi connectivity index (χ2v) is 14.9. The molecule has 1 aliphatic heterocycles. The number of fused-ring (bicyclic) bond motifs is 1. The molecule has 2 N–H and O–H groups in total. The Kier molecular flexibility index (Phi) is 9.39. The van der Waals surface area contributed by atoms with Gasteiger partial charge in [-0.15, -0.1) is 11.3 Å². The van der Waals surface area contributed by atoms with Crippen molar-refractivity contribution >= 4 is 43.0 Å². The number of halogens is 1. The largest absolute Gasteiger partial charge is 0.488 e. The number of nitrogens with zero attached hydrogens (tertiary/aromatic N) is 2. The molecule has 1 aromatic heterocycles. The number of rotatable bonds is 9. The van der Waals surface area contributed by atoms with Crippen LogP contribution in [0, 0.1) is 11.7 Å². The van der Waals surface area contributed by atoms with Crippen LogP contribution in [0.5, 0.6) is 5.75 Å². The highest BCUT2D eigenvalue weighted by atomic mass is 32.2. The molecule has 0 saturated heterocycles. The number of carbonyl (C=O) groups is 1. The lowest BCUT2D eigenvalue weighted by Crippen LogP contribution is -2.48. The van der Waals surface area contributed by atoms with Gasteiger partial charge < -0.3 is 14.7 Å². The Morgan fingerprint density at radius 2 is 1.88 bits per heavy atom. The highest BCUT2D eigenvalue weighted by molar-refractivity contribution is 7.94. The molecule has 0 saturated carbocycles. The molecule has 0 unspecified atom stereocenters. The lowest BCUT2D eigenvalue weighted by Gasteiger charge is -2.33. The summed E-state index contributed by atoms with van der Waals surface area (Å²) in [6.45, 7) is 3.33. The van der Waals surface area contributed by atoms with Gasteiger partial charge in [0.25, 0.3) is 10.0 Å². The van der Waals surface area contributed by atoms with Crippen molar-refractivity contribution in [3.63, 3.8) is 0 Å². The number of hydrogen-bond donors (Lipinski definition) is 2. The molecular weight excluding hydrogens is 594 g/mol. The number of ether oxygens (including phenoxy) is 1. The summed E-state index contributed by atoms with van der Waals surface area (Å²) in [6.07, 6.45) is -0.862. The van der Waals surface area contributed by atoms with Crippen LogP contribution in [0.2, 0.25) is 0 Å². The van der Waals surface area contributed by atoms with E-state index in [9.17, 15) is 31.1 Å². The minimum atomic E-state index is -3.99. The molecule has 3 aromatic rings. The Labute approximate surface area is 243 Å². The predicted molar refractivity (Wildman–Crippen MR) is 153 cm³/mol. The van der Waals surface area contributed by atoms with Crippen molar-refractivity contribution in [2.24, 2.45) is 5.92 Å². The Bertz CT molecular complexity index is 1580. The van der Waals surface area contributed by atoms with Crippen LogP contribution in [0.3, 0.4) is 0 Å². The summed E-state index contributed by atoms with van der Waals surface area (Å²) >= 11 is 1.07. The highest BCUT2D eigenvalue weighted by Crippen LogP contribution is 2.31. The monoisotopic (exact) mass is 625 g/mol. The number of likely N-dealkylation sites (N-methyl/N-ethyl adjacent to an activating group) is 1. The molecule has 2 aromatic carbocycles. The van der Waals surface area contributed by atoms with Crippen molar-refractivity contribution in [3.8, 4) is 5.75 Å². The molecule has 10 nitrogen and oxygen atoms in total. The molecule has 0 bridgehead atoms. The van der Waals surface area contributed by atoms with Gasteiger partial charge in [0.05, 0.1) is 30.5 Å². The number of benzene rings is 2. The van der Waals surface area contributed by atoms with Gasteiger partial charge in [0, 0.05) is 30.8 Å². The van der Waals surface area contributed by atoms with Gasteiger partial charge in [-0.1, -0.05) is 13.0 Å². The van der Waals surface area contributed by atoms with Crippen LogP contribution in [-0.2, 0) is 31.3 Å². The first-order valence-corrected chi connectivity index (χ1v) is 16.6. The Balaban J connectivity index is 1.68. The van der Waals surface area contributed by atoms with Gasteiger partial charge in [0.2, 0.25) is 15.9 Å². The molecule has 2 heterocycles. The molecule has 222 valence electrons. The number of hydrogen-bond acceptors (Lipinski definition) is 8. The molecule has 0 radical (unpaired) electrons. The molecule has 1 amide bonds. The minimum absolute atomic E-state index is 0.0779. The second-order valence-electron chi connectivity index (χ2n) is 9.99. The van der Waals surface area contributed by atoms with Crippen molar-refractivity contribution < 1.29 is 35.9 Å². The van der Waals surface area contributed by atoms with Crippen LogP contribution in [0.4, 0.5) is 10.1 Å². The van der Waals surface area contributed by atoms with Gasteiger partial charge in [-0.2, -0.15) is 4.31 Å². The lowest BCUT2D eigenvalue weighted by atomic mass is 10.0. The zero-order chi connectivity index (χ0) is 29.9. The van der Waals surface area contributed by atoms with E-state index in [0.717, 1.165) is 27.8 Å². The second kappa shape index (κ2) is 12.4. The first-order valence-electron chi connectivity index (χ1n) is 12.8. The van der Waals surface area contributed by atoms with E-state index in [1.54, 1.807) is 24.4 Å². The van der Waals surface area contributed by atoms with E-state index < -0.39 is 38.0 Å². The number of sulfonamides is 2. The smallest absolute Gasteiger partial charge is 0.271 e. The van der Waals surface area contributed by atoms with E-state index in [4.69, 9.17) is 4.74 Å². The van der Waals surface area contributed by atoms with E-state index in [1.165, 1.54) is 42.3 Å². The zero-order valence-electron chi connectivity index (χ0n) is 22.7. The average molecular weight is 626 g/mol. The maximum Gasteiger partial charge on any atom is 0.271 e. The summed E-state index contributed by atoms with van der Waals surface area (Å²) in [5, 5.41) is 11.5. The quantitative estimate of drug-likeness (QED) is 0.373. The summed E-state index contributed by atoms with van der Waals surface area (Å²) in [5.74, 6) is -0.923. The summed E-state index contributed by atoms with van der Waals surface area (Å²) < 4.78 is 75.5. The van der Waals surface area contributed by atoms with Crippen LogP contribution in [0.25, 0.3) is 0 Å². The molecule has 1 aliphatic rings. The van der Waals surface area contributed by atoms with E-state index in [1.807, 2.05) is 6.92 Å². The van der Waals surface area contributed by atoms with Gasteiger partial charge in [0.1, 0.15) is 21.9 Å². The van der Waals surface area contributed by atoms with Crippen molar-refractivity contribution in [1.29, 1.82) is 0 Å². The molecule has 41 heavy (non-hydrogen) atoms. The van der Waals surface area contributed by atoms with Crippen LogP contribution in [0.15, 0.2) is 69.1 Å². The van der Waals surface area contributed by atoms with E-state index in [0.29, 0.717) is 11.3 Å². The van der Waals surface area contributed by atoms with Crippen molar-refractivity contribution in [2.45, 2.75) is 41.5 Å². The van der Waals surface area contributed by atoms with Crippen molar-refractivity contribution in [3.05, 3.63) is 71.4 Å². The van der Waals surface area contributed by atoms with E-state index in [2.05, 4.69) is 4.72 Å². The fourth-order valence-electron chi connectivity index (χ4n) is 4.47. The first-order chi connectivity index (χ1) is 19.3. The van der Waals surface area contributed by atoms with Gasteiger partial charge in [-0.05, 0) is 60.8 Å². The minimum Gasteiger partial charge on any atom is -0.488 e. The number of nitrogens with one attached hydrogen (secondary N) is 1. The molecule has 0 spiro atoms. The lowest BCUT2D eigenvalue weighted by molar-refractivity contribution is -0.134. The van der Waals surface area contributed by atoms with E-state index in [-0.39, 0.29) is 52.7 Å². The highest BCUT2D eigenvalue weighted by Gasteiger charge is 2.33. The van der Waals surface area contributed by atoms with Crippen molar-refractivity contribution in [2.75, 3.05) is 31.5 Å². The SMILES string of the molecule is C[C@H](CO)N1C[C@H](C)[C@H](CN(C)S(=O)(=O)c2ccc(F)cc2)Oc2ccc(NS(=O)(=O)c3cccs3)cc2CC1=O. The third-order valence-electron chi connectivity index (χ3n) is 6.89. The molecule has 4 rings (SSSR count). The standard InChI is InChI=1S/C27H32FN3O7S3/c1-18-15-31(19(2)17-32)26(33)14-20-13-22(29-40(34,35)27-5-4-12-39-27)8-11-24(20)38-25(18)16-30(3)41(36,37)23-9-6-21(28)7-10-23/h4-13,18-19,25,29,32H,14-17H2,1-3H3/t18-,19+,25-/m0/s1. The summed E-state index contributed by atoms with van der Waals surface area (Å²) in [4.78, 5) is 14.8. The number of carbonyl (C=O) groups excluding carboxylic acids is 1. The van der Waals surface area contributed by atoms with E-state index >= 15 is 0 Å². The maximum absolute atomic E-state index is 13.4. The Hall–Kier alpha value is -3.04. The van der Waals surface area contributed by atoms with Gasteiger partial charge in [-0.3, -0.25) is 9.52 Å². The third-order valence-corrected chi connectivity index (χ3v) is 11.5. The number of amides is 1. The Morgan fingerprint density at radius 1 is 1.17 bits per heavy atom. The van der Waals surface area contributed by atoms with Crippen molar-refractivity contribution in [1.82, 2.24) is 9.21 Å². The fraction of sp³-hybridized carbons (Fsp3) is 0.370. The normalized spacial score (nSPS) is 19.1. The average Bonchev–Trinajstić information content (AvgIpc) is 3.49. The van der Waals surface area contributed by atoms with Gasteiger partial charge >= 0.3 is 0 Å². The van der Waals surface area contributed by atoms with Gasteiger partial charge in [-0.25, -0.2) is 21.2 Å². The number of aliphatic hydroxyl groups is 1. The Morgan fingerprint density at radius 3 is 2.51 bits per heavy atom. The third kappa shape index (κ3) is 7.07. The van der Waals surface area contributed by atoms with Crippen LogP contribution < -0.4 is 9.46 Å². The molecule has 3 atom stereocenters.